The van der Waals surface area contributed by atoms with E-state index in [1.165, 1.54) is 4.90 Å². The van der Waals surface area contributed by atoms with Gasteiger partial charge in [0.15, 0.2) is 0 Å². The molecule has 0 radical (unpaired) electrons. The van der Waals surface area contributed by atoms with Gasteiger partial charge in [-0.15, -0.1) is 0 Å². The highest BCUT2D eigenvalue weighted by atomic mass is 16.5. The lowest BCUT2D eigenvalue weighted by atomic mass is 10.1. The second-order valence-corrected chi connectivity index (χ2v) is 5.22. The van der Waals surface area contributed by atoms with Gasteiger partial charge in [0.1, 0.15) is 6.04 Å². The first-order valence-electron chi connectivity index (χ1n) is 7.07. The molecular formula is C13H22N2O4. The van der Waals surface area contributed by atoms with E-state index in [1.54, 1.807) is 0 Å². The van der Waals surface area contributed by atoms with E-state index in [4.69, 9.17) is 4.74 Å². The molecule has 2 fully saturated rings. The van der Waals surface area contributed by atoms with E-state index < -0.39 is 12.0 Å². The van der Waals surface area contributed by atoms with Crippen LogP contribution in [0.15, 0.2) is 0 Å². The van der Waals surface area contributed by atoms with Crippen LogP contribution in [0.2, 0.25) is 0 Å². The summed E-state index contributed by atoms with van der Waals surface area (Å²) in [6.07, 6.45) is 5.34. The van der Waals surface area contributed by atoms with Gasteiger partial charge in [0, 0.05) is 19.7 Å². The molecule has 2 rings (SSSR count). The van der Waals surface area contributed by atoms with Crippen LogP contribution in [0.1, 0.15) is 38.5 Å². The lowest BCUT2D eigenvalue weighted by molar-refractivity contribution is -0.142. The van der Waals surface area contributed by atoms with Crippen LogP contribution in [0.25, 0.3) is 0 Å². The van der Waals surface area contributed by atoms with E-state index in [9.17, 15) is 14.7 Å². The molecule has 2 aliphatic heterocycles. The molecule has 19 heavy (non-hydrogen) atoms. The van der Waals surface area contributed by atoms with Gasteiger partial charge in [-0.1, -0.05) is 12.8 Å². The van der Waals surface area contributed by atoms with E-state index in [2.05, 4.69) is 5.32 Å². The fourth-order valence-corrected chi connectivity index (χ4v) is 2.72. The van der Waals surface area contributed by atoms with Crippen molar-refractivity contribution in [2.24, 2.45) is 0 Å². The third-order valence-electron chi connectivity index (χ3n) is 3.80. The van der Waals surface area contributed by atoms with Gasteiger partial charge in [0.05, 0.1) is 6.10 Å². The third kappa shape index (κ3) is 3.83. The van der Waals surface area contributed by atoms with Crippen molar-refractivity contribution < 1.29 is 19.4 Å². The van der Waals surface area contributed by atoms with Gasteiger partial charge in [0.25, 0.3) is 0 Å². The number of nitrogens with zero attached hydrogens (tertiary/aromatic N) is 1. The minimum absolute atomic E-state index is 0.0826. The highest BCUT2D eigenvalue weighted by Crippen LogP contribution is 2.17. The molecule has 2 N–H and O–H groups in total. The topological polar surface area (TPSA) is 78.9 Å². The highest BCUT2D eigenvalue weighted by Gasteiger charge is 2.31. The Morgan fingerprint density at radius 3 is 2.74 bits per heavy atom. The number of hydrogen-bond acceptors (Lipinski definition) is 3. The maximum atomic E-state index is 12.1. The predicted octanol–water partition coefficient (Wildman–Crippen LogP) is 1.20. The van der Waals surface area contributed by atoms with E-state index in [0.717, 1.165) is 38.7 Å². The average molecular weight is 270 g/mol. The number of carboxylic acid groups (broad SMARTS) is 1. The molecule has 2 saturated heterocycles. The summed E-state index contributed by atoms with van der Waals surface area (Å²) in [6.45, 7) is 1.75. The zero-order valence-corrected chi connectivity index (χ0v) is 11.1. The zero-order chi connectivity index (χ0) is 13.7. The fraction of sp³-hybridized carbons (Fsp3) is 0.846. The van der Waals surface area contributed by atoms with Gasteiger partial charge in [-0.05, 0) is 25.7 Å². The summed E-state index contributed by atoms with van der Waals surface area (Å²) in [4.78, 5) is 24.8. The van der Waals surface area contributed by atoms with Crippen molar-refractivity contribution in [2.75, 3.05) is 19.7 Å². The number of carbonyl (C=O) groups excluding carboxylic acids is 1. The summed E-state index contributed by atoms with van der Waals surface area (Å²) in [6, 6.07) is -0.961. The molecule has 2 heterocycles. The minimum Gasteiger partial charge on any atom is -0.480 e. The molecule has 2 aliphatic rings. The van der Waals surface area contributed by atoms with Crippen molar-refractivity contribution in [3.8, 4) is 0 Å². The second kappa shape index (κ2) is 6.75. The number of rotatable bonds is 3. The Morgan fingerprint density at radius 1 is 1.21 bits per heavy atom. The fourth-order valence-electron chi connectivity index (χ4n) is 2.72. The molecule has 0 aliphatic carbocycles. The lowest BCUT2D eigenvalue weighted by Gasteiger charge is -2.27. The molecule has 0 aromatic carbocycles. The van der Waals surface area contributed by atoms with Crippen LogP contribution in [0, 0.1) is 0 Å². The lowest BCUT2D eigenvalue weighted by Crippen LogP contribution is -2.50. The number of amides is 2. The van der Waals surface area contributed by atoms with Crippen LogP contribution < -0.4 is 5.32 Å². The Bertz CT molecular complexity index is 329. The summed E-state index contributed by atoms with van der Waals surface area (Å²) >= 11 is 0. The number of urea groups is 1. The van der Waals surface area contributed by atoms with E-state index in [1.807, 2.05) is 0 Å². The van der Waals surface area contributed by atoms with E-state index in [0.29, 0.717) is 19.5 Å². The first kappa shape index (κ1) is 14.1. The monoisotopic (exact) mass is 270 g/mol. The molecule has 0 spiro atoms. The van der Waals surface area contributed by atoms with Gasteiger partial charge in [-0.25, -0.2) is 9.59 Å². The number of aliphatic carboxylic acids is 1. The summed E-state index contributed by atoms with van der Waals surface area (Å²) in [7, 11) is 0. The number of likely N-dealkylation sites (tertiary alicyclic amines) is 1. The van der Waals surface area contributed by atoms with Gasteiger partial charge >= 0.3 is 12.0 Å². The van der Waals surface area contributed by atoms with E-state index >= 15 is 0 Å². The highest BCUT2D eigenvalue weighted by molar-refractivity contribution is 5.82. The number of nitrogens with one attached hydrogen (secondary N) is 1. The first-order valence-corrected chi connectivity index (χ1v) is 7.07. The largest absolute Gasteiger partial charge is 0.480 e. The third-order valence-corrected chi connectivity index (χ3v) is 3.80. The van der Waals surface area contributed by atoms with Crippen LogP contribution in [-0.4, -0.2) is 53.8 Å². The Hall–Kier alpha value is -1.30. The van der Waals surface area contributed by atoms with Gasteiger partial charge in [0.2, 0.25) is 0 Å². The minimum atomic E-state index is -0.908. The van der Waals surface area contributed by atoms with Crippen LogP contribution >= 0.6 is 0 Å². The predicted molar refractivity (Wildman–Crippen MR) is 69.0 cm³/mol. The number of carbonyl (C=O) groups is 2. The summed E-state index contributed by atoms with van der Waals surface area (Å²) in [5.41, 5.74) is 0. The zero-order valence-electron chi connectivity index (χ0n) is 11.1. The van der Waals surface area contributed by atoms with Crippen molar-refractivity contribution in [2.45, 2.75) is 50.7 Å². The summed E-state index contributed by atoms with van der Waals surface area (Å²) in [5, 5.41) is 12.0. The molecule has 2 atom stereocenters. The maximum Gasteiger partial charge on any atom is 0.326 e. The Morgan fingerprint density at radius 2 is 2.05 bits per heavy atom. The van der Waals surface area contributed by atoms with Crippen LogP contribution in [0.5, 0.6) is 0 Å². The Kier molecular flexibility index (Phi) is 5.01. The Labute approximate surface area is 113 Å². The second-order valence-electron chi connectivity index (χ2n) is 5.22. The molecule has 6 heteroatoms. The number of carboxylic acids is 1. The summed E-state index contributed by atoms with van der Waals surface area (Å²) in [5.74, 6) is -0.908. The van der Waals surface area contributed by atoms with Crippen molar-refractivity contribution in [1.82, 2.24) is 10.2 Å². The van der Waals surface area contributed by atoms with Crippen molar-refractivity contribution in [1.29, 1.82) is 0 Å². The quantitative estimate of drug-likeness (QED) is 0.807. The maximum absolute atomic E-state index is 12.1. The molecule has 0 aromatic rings. The van der Waals surface area contributed by atoms with Crippen LogP contribution in [0.4, 0.5) is 4.79 Å². The van der Waals surface area contributed by atoms with Crippen molar-refractivity contribution in [3.05, 3.63) is 0 Å². The molecule has 0 aromatic heterocycles. The number of ether oxygens (including phenoxy) is 1. The van der Waals surface area contributed by atoms with Gasteiger partial charge in [-0.2, -0.15) is 0 Å². The molecule has 0 bridgehead atoms. The summed E-state index contributed by atoms with van der Waals surface area (Å²) < 4.78 is 5.44. The molecular weight excluding hydrogens is 248 g/mol. The van der Waals surface area contributed by atoms with Gasteiger partial charge < -0.3 is 20.1 Å². The first-order chi connectivity index (χ1) is 9.18. The smallest absolute Gasteiger partial charge is 0.326 e. The standard InChI is InChI=1S/C13H22N2O4/c16-12(17)11-6-2-1-3-7-15(11)13(18)14-9-10-5-4-8-19-10/h10-11H,1-9H2,(H,14,18)(H,16,17). The van der Waals surface area contributed by atoms with Crippen LogP contribution in [-0.2, 0) is 9.53 Å². The van der Waals surface area contributed by atoms with Crippen molar-refractivity contribution in [3.63, 3.8) is 0 Å². The van der Waals surface area contributed by atoms with Gasteiger partial charge in [-0.3, -0.25) is 0 Å². The molecule has 2 unspecified atom stereocenters. The number of hydrogen-bond donors (Lipinski definition) is 2. The Balaban J connectivity index is 1.88. The van der Waals surface area contributed by atoms with E-state index in [-0.39, 0.29) is 12.1 Å². The normalized spacial score (nSPS) is 27.9. The van der Waals surface area contributed by atoms with Crippen LogP contribution in [0.3, 0.4) is 0 Å². The molecule has 6 nitrogen and oxygen atoms in total. The SMILES string of the molecule is O=C(O)C1CCCCCN1C(=O)NCC1CCCO1. The molecule has 2 amide bonds. The molecule has 0 saturated carbocycles. The average Bonchev–Trinajstić information content (AvgIpc) is 2.77. The van der Waals surface area contributed by atoms with Crippen molar-refractivity contribution >= 4 is 12.0 Å². The molecule has 108 valence electrons.